The third-order valence-electron chi connectivity index (χ3n) is 17.0. The normalized spacial score (nSPS) is 32.7. The first-order valence-corrected chi connectivity index (χ1v) is 27.3. The summed E-state index contributed by atoms with van der Waals surface area (Å²) in [5, 5.41) is 71.6. The van der Waals surface area contributed by atoms with Crippen LogP contribution in [-0.4, -0.2) is 156 Å². The minimum Gasteiger partial charge on any atom is -0.479 e. The van der Waals surface area contributed by atoms with E-state index >= 15 is 0 Å². The van der Waals surface area contributed by atoms with Crippen molar-refractivity contribution in [3.63, 3.8) is 0 Å². The van der Waals surface area contributed by atoms with Crippen LogP contribution in [0.15, 0.2) is 84.6 Å². The largest absolute Gasteiger partial charge is 0.479 e. The van der Waals surface area contributed by atoms with Crippen LogP contribution in [0.1, 0.15) is 79.7 Å². The molecule has 0 bridgehead atoms. The van der Waals surface area contributed by atoms with Crippen molar-refractivity contribution in [3.8, 4) is 5.75 Å². The maximum absolute atomic E-state index is 14.1. The number of nitrogens with one attached hydrogen (secondary N) is 3. The number of ether oxygens (including phenoxy) is 5. The highest BCUT2D eigenvalue weighted by Crippen LogP contribution is 2.70. The van der Waals surface area contributed by atoms with E-state index < -0.39 is 114 Å². The van der Waals surface area contributed by atoms with Crippen molar-refractivity contribution in [1.29, 1.82) is 0 Å². The number of benzene rings is 2. The molecule has 3 aliphatic heterocycles. The van der Waals surface area contributed by atoms with Gasteiger partial charge >= 0.3 is 12.1 Å². The third-order valence-corrected chi connectivity index (χ3v) is 18.0. The first kappa shape index (κ1) is 57.2. The van der Waals surface area contributed by atoms with Crippen LogP contribution in [0.5, 0.6) is 5.75 Å². The van der Waals surface area contributed by atoms with Crippen molar-refractivity contribution in [2.24, 2.45) is 28.6 Å². The molecule has 5 fully saturated rings. The van der Waals surface area contributed by atoms with Gasteiger partial charge in [0, 0.05) is 73.1 Å². The van der Waals surface area contributed by atoms with E-state index in [1.54, 1.807) is 36.5 Å². The number of imide groups is 1. The number of ketones is 2. The summed E-state index contributed by atoms with van der Waals surface area (Å²) in [4.78, 5) is 107. The number of Topliss-reactive ketones (excluding diaryl/α,β-unsaturated/α-hetero) is 1. The second-order valence-corrected chi connectivity index (χ2v) is 23.0. The summed E-state index contributed by atoms with van der Waals surface area (Å²) in [7, 11) is 0. The fourth-order valence-electron chi connectivity index (χ4n) is 13.2. The van der Waals surface area contributed by atoms with Crippen molar-refractivity contribution in [2.75, 3.05) is 30.3 Å². The highest BCUT2D eigenvalue weighted by molar-refractivity contribution is 7.11. The number of carboxylic acids is 1. The number of aliphatic carboxylic acids is 1. The van der Waals surface area contributed by atoms with E-state index in [9.17, 15) is 69.0 Å². The molecule has 430 valence electrons. The smallest absolute Gasteiger partial charge is 0.411 e. The van der Waals surface area contributed by atoms with Crippen molar-refractivity contribution in [1.82, 2.24) is 15.2 Å². The van der Waals surface area contributed by atoms with E-state index in [0.717, 1.165) is 34.6 Å². The van der Waals surface area contributed by atoms with Crippen LogP contribution in [0.3, 0.4) is 0 Å². The van der Waals surface area contributed by atoms with Gasteiger partial charge in [-0.25, -0.2) is 14.6 Å². The Balaban J connectivity index is 0.763. The molecule has 81 heavy (non-hydrogen) atoms. The predicted molar refractivity (Wildman–Crippen MR) is 280 cm³/mol. The van der Waals surface area contributed by atoms with Crippen molar-refractivity contribution in [3.05, 3.63) is 106 Å². The Hall–Kier alpha value is -7.07. The maximum atomic E-state index is 14.1. The van der Waals surface area contributed by atoms with E-state index in [4.69, 9.17) is 23.7 Å². The molecule has 10 rings (SSSR count). The molecule has 7 aliphatic rings. The number of hydrogen-bond acceptors (Lipinski definition) is 20. The molecule has 4 aliphatic carbocycles. The van der Waals surface area contributed by atoms with Gasteiger partial charge in [-0.1, -0.05) is 43.7 Å². The number of thiazole rings is 1. The first-order valence-electron chi connectivity index (χ1n) is 26.5. The van der Waals surface area contributed by atoms with Gasteiger partial charge in [0.15, 0.2) is 29.6 Å². The summed E-state index contributed by atoms with van der Waals surface area (Å²) in [6.45, 7) is 2.57. The molecule has 0 unspecified atom stereocenters. The number of aliphatic hydroxyl groups is 5. The average Bonchev–Trinajstić information content (AvgIpc) is 3.90. The lowest BCUT2D eigenvalue weighted by molar-refractivity contribution is -0.271. The Kier molecular flexibility index (Phi) is 16.0. The lowest BCUT2D eigenvalue weighted by Gasteiger charge is -2.59. The summed E-state index contributed by atoms with van der Waals surface area (Å²) in [6.07, 6.45) is -2.19. The minimum absolute atomic E-state index is 0.00533. The lowest BCUT2D eigenvalue weighted by Crippen LogP contribution is -2.63. The Bertz CT molecular complexity index is 3130. The van der Waals surface area contributed by atoms with Crippen LogP contribution >= 0.6 is 11.3 Å². The Morgan fingerprint density at radius 2 is 1.68 bits per heavy atom. The van der Waals surface area contributed by atoms with Gasteiger partial charge in [0.25, 0.3) is 11.8 Å². The molecule has 0 spiro atoms. The number of carbonyl (C=O) groups is 8. The van der Waals surface area contributed by atoms with Crippen LogP contribution in [0.4, 0.5) is 16.2 Å². The number of amides is 5. The molecule has 5 amide bonds. The quantitative estimate of drug-likeness (QED) is 0.0824. The van der Waals surface area contributed by atoms with Crippen LogP contribution in [-0.2, 0) is 65.5 Å². The predicted octanol–water partition coefficient (Wildman–Crippen LogP) is 2.12. The average molecular weight is 1140 g/mol. The molecular weight excluding hydrogens is 1080 g/mol. The number of nitrogens with zero attached hydrogens (tertiary/aromatic N) is 2. The fourth-order valence-corrected chi connectivity index (χ4v) is 14.1. The summed E-state index contributed by atoms with van der Waals surface area (Å²) in [5.41, 5.74) is -0.561. The topological polar surface area (TPSA) is 356 Å². The van der Waals surface area contributed by atoms with E-state index in [1.165, 1.54) is 29.5 Å². The second kappa shape index (κ2) is 22.7. The van der Waals surface area contributed by atoms with Gasteiger partial charge in [0.2, 0.25) is 18.1 Å². The van der Waals surface area contributed by atoms with E-state index in [2.05, 4.69) is 27.9 Å². The number of hydrogen-bond donors (Lipinski definition) is 9. The van der Waals surface area contributed by atoms with Gasteiger partial charge < -0.3 is 65.0 Å². The van der Waals surface area contributed by atoms with Crippen LogP contribution in [0.2, 0.25) is 0 Å². The Morgan fingerprint density at radius 1 is 0.901 bits per heavy atom. The van der Waals surface area contributed by atoms with Crippen LogP contribution in [0, 0.1) is 28.6 Å². The molecule has 1 aromatic heterocycles. The van der Waals surface area contributed by atoms with Gasteiger partial charge in [0.1, 0.15) is 37.3 Å². The maximum Gasteiger partial charge on any atom is 0.411 e. The summed E-state index contributed by atoms with van der Waals surface area (Å²) >= 11 is 1.32. The summed E-state index contributed by atoms with van der Waals surface area (Å²) in [6, 6.07) is 11.0. The highest BCUT2D eigenvalue weighted by Gasteiger charge is 2.76. The van der Waals surface area contributed by atoms with Crippen molar-refractivity contribution in [2.45, 2.75) is 120 Å². The number of aliphatic hydroxyl groups excluding tert-OH is 5. The third kappa shape index (κ3) is 10.8. The van der Waals surface area contributed by atoms with Gasteiger partial charge in [-0.15, -0.1) is 11.3 Å². The van der Waals surface area contributed by atoms with E-state index in [0.29, 0.717) is 40.4 Å². The minimum atomic E-state index is -2.00. The molecule has 2 aromatic carbocycles. The monoisotopic (exact) mass is 1140 g/mol. The first-order chi connectivity index (χ1) is 38.6. The molecule has 4 heterocycles. The summed E-state index contributed by atoms with van der Waals surface area (Å²) < 4.78 is 29.9. The number of carbonyl (C=O) groups excluding carboxylic acids is 7. The Labute approximate surface area is 466 Å². The molecule has 9 N–H and O–H groups in total. The second-order valence-electron chi connectivity index (χ2n) is 21.8. The molecule has 14 atom stereocenters. The molecule has 3 saturated carbocycles. The molecule has 0 radical (unpaired) electrons. The van der Waals surface area contributed by atoms with Crippen LogP contribution in [0.25, 0.3) is 0 Å². The standard InChI is InChI=1S/C56H61N5O19S/c1-54-15-12-31(63)21-29(54)7-8-32-33-22-39-56(38(65)25-62,55(33,2)23-35(64)45(32)54)80-51(78-39)37-24-58-42(81-37)20-27-4-3-5-30(18-27)59-53(75)76-26-28-6-9-36(77-52-48(72)46(70)47(71)49(79-52)50(73)74)34(19-28)60-41(67)13-16-57-40(66)14-17-61-43(68)10-11-44(61)69/h3-6,9-12,15,18-19,21,24,32-33,35,39,45-49,51-52,62,64,70-72H,7-8,13-14,16-17,20,22-23,25-26H2,1-2H3,(H,57,66)(H,59,75)(H,60,67)(H,73,74)/t32-,33-,35-,39+,45+,46-,47-,48+,49-,51-,52+,54-,55-,56+/m0/s1. The van der Waals surface area contributed by atoms with Gasteiger partial charge in [-0.05, 0) is 85.1 Å². The van der Waals surface area contributed by atoms with Gasteiger partial charge in [-0.2, -0.15) is 0 Å². The van der Waals surface area contributed by atoms with Gasteiger partial charge in [-0.3, -0.25) is 39.0 Å². The van der Waals surface area contributed by atoms with Crippen molar-refractivity contribution >= 4 is 70.0 Å². The number of fused-ring (bicyclic) bond motifs is 7. The number of aromatic nitrogens is 1. The molecule has 3 aromatic rings. The molecule has 2 saturated heterocycles. The lowest BCUT2D eigenvalue weighted by atomic mass is 9.46. The zero-order valence-electron chi connectivity index (χ0n) is 43.9. The van der Waals surface area contributed by atoms with E-state index in [-0.39, 0.29) is 73.9 Å². The SMILES string of the molecule is C[C@]12C=CC(=O)C=C1CC[C@@H]1[C@@H]2[C@@H](O)C[C@@]2(C)[C@H]1C[C@H]1O[C@H](c3cnc(Cc4cccc(NC(=O)OCc5ccc(O[C@@H]6O[C@H](C(=O)O)[C@@H](O)[C@H](O)[C@H]6O)c(NC(=O)CCNC(=O)CCN6C(=O)C=CC6=O)c5)c4)s3)O[C@]12C(=O)CO. The molecule has 25 heteroatoms. The zero-order chi connectivity index (χ0) is 57.7. The van der Waals surface area contributed by atoms with E-state index in [1.807, 2.05) is 19.1 Å². The van der Waals surface area contributed by atoms with Gasteiger partial charge in [0.05, 0.1) is 27.8 Å². The highest BCUT2D eigenvalue weighted by atomic mass is 32.1. The Morgan fingerprint density at radius 3 is 2.43 bits per heavy atom. The molecule has 24 nitrogen and oxygen atoms in total. The van der Waals surface area contributed by atoms with Crippen molar-refractivity contribution < 1.29 is 92.7 Å². The number of rotatable bonds is 18. The zero-order valence-corrected chi connectivity index (χ0v) is 44.7. The fraction of sp³-hybridized carbons (Fsp3) is 0.482. The molecular formula is C56H61N5O19S. The van der Waals surface area contributed by atoms with Crippen LogP contribution < -0.4 is 20.7 Å². The number of carboxylic acid groups (broad SMARTS) is 1. The number of anilines is 2. The number of allylic oxidation sites excluding steroid dienone is 4. The summed E-state index contributed by atoms with van der Waals surface area (Å²) in [5.74, 6) is -4.98.